The van der Waals surface area contributed by atoms with Crippen molar-refractivity contribution in [3.63, 3.8) is 0 Å². The van der Waals surface area contributed by atoms with E-state index < -0.39 is 0 Å². The summed E-state index contributed by atoms with van der Waals surface area (Å²) in [7, 11) is 0. The van der Waals surface area contributed by atoms with E-state index in [4.69, 9.17) is 4.74 Å². The van der Waals surface area contributed by atoms with Crippen molar-refractivity contribution in [2.75, 3.05) is 45.9 Å². The number of ether oxygens (including phenoxy) is 1. The van der Waals surface area contributed by atoms with E-state index in [2.05, 4.69) is 33.6 Å². The molecule has 1 aromatic carbocycles. The van der Waals surface area contributed by atoms with Crippen molar-refractivity contribution in [3.05, 3.63) is 40.4 Å². The second-order valence-electron chi connectivity index (χ2n) is 7.12. The number of nitrogens with one attached hydrogen (secondary N) is 1. The minimum atomic E-state index is -0.0541. The fraction of sp³-hybridized carbons (Fsp3) is 0.579. The van der Waals surface area contributed by atoms with Gasteiger partial charge in [-0.1, -0.05) is 26.0 Å². The van der Waals surface area contributed by atoms with Gasteiger partial charge in [-0.3, -0.25) is 14.6 Å². The van der Waals surface area contributed by atoms with Crippen molar-refractivity contribution in [1.82, 2.24) is 19.8 Å². The summed E-state index contributed by atoms with van der Waals surface area (Å²) < 4.78 is 5.67. The molecule has 0 bridgehead atoms. The Hall–Kier alpha value is -1.76. The third kappa shape index (κ3) is 5.11. The third-order valence-corrected chi connectivity index (χ3v) is 4.50. The molecule has 136 valence electrons. The van der Waals surface area contributed by atoms with Gasteiger partial charge in [0.15, 0.2) is 0 Å². The number of aromatic amines is 1. The Morgan fingerprint density at radius 1 is 1.16 bits per heavy atom. The standard InChI is InChI=1S/C19H28N4O2/c1-15(2)14-25-12-11-22-7-9-23(10-8-22)13-18-20-17-6-4-3-5-16(17)19(24)21-18/h3-6,15H,7-14H2,1-2H3,(H,20,21,24). The van der Waals surface area contributed by atoms with Crippen LogP contribution >= 0.6 is 0 Å². The zero-order valence-corrected chi connectivity index (χ0v) is 15.2. The van der Waals surface area contributed by atoms with Crippen LogP contribution in [0.2, 0.25) is 0 Å². The lowest BCUT2D eigenvalue weighted by atomic mass is 10.2. The Labute approximate surface area is 148 Å². The lowest BCUT2D eigenvalue weighted by molar-refractivity contribution is 0.0624. The van der Waals surface area contributed by atoms with E-state index in [1.165, 1.54) is 0 Å². The fourth-order valence-corrected chi connectivity index (χ4v) is 3.11. The minimum Gasteiger partial charge on any atom is -0.380 e. The van der Waals surface area contributed by atoms with Crippen molar-refractivity contribution >= 4 is 10.9 Å². The molecule has 1 aromatic heterocycles. The summed E-state index contributed by atoms with van der Waals surface area (Å²) in [4.78, 5) is 24.5. The largest absolute Gasteiger partial charge is 0.380 e. The summed E-state index contributed by atoms with van der Waals surface area (Å²) in [5.74, 6) is 1.34. The number of H-pyrrole nitrogens is 1. The first kappa shape index (κ1) is 18.0. The number of rotatable bonds is 7. The zero-order valence-electron chi connectivity index (χ0n) is 15.2. The van der Waals surface area contributed by atoms with Gasteiger partial charge in [0.1, 0.15) is 5.82 Å². The number of aromatic nitrogens is 2. The van der Waals surface area contributed by atoms with Crippen molar-refractivity contribution in [2.24, 2.45) is 5.92 Å². The molecular formula is C19H28N4O2. The zero-order chi connectivity index (χ0) is 17.6. The molecule has 0 saturated carbocycles. The SMILES string of the molecule is CC(C)COCCN1CCN(Cc2nc3ccccc3c(=O)[nH]2)CC1. The molecule has 2 heterocycles. The Balaban J connectivity index is 1.48. The highest BCUT2D eigenvalue weighted by Crippen LogP contribution is 2.09. The van der Waals surface area contributed by atoms with Gasteiger partial charge in [0.25, 0.3) is 5.56 Å². The summed E-state index contributed by atoms with van der Waals surface area (Å²) in [6.45, 7) is 11.7. The fourth-order valence-electron chi connectivity index (χ4n) is 3.11. The number of para-hydroxylation sites is 1. The molecule has 1 fully saturated rings. The van der Waals surface area contributed by atoms with Gasteiger partial charge in [0.2, 0.25) is 0 Å². The molecule has 0 spiro atoms. The van der Waals surface area contributed by atoms with Crippen LogP contribution in [0.15, 0.2) is 29.1 Å². The maximum absolute atomic E-state index is 12.2. The van der Waals surface area contributed by atoms with Gasteiger partial charge in [-0.25, -0.2) is 4.98 Å². The quantitative estimate of drug-likeness (QED) is 0.775. The van der Waals surface area contributed by atoms with Gasteiger partial charge in [0, 0.05) is 39.3 Å². The van der Waals surface area contributed by atoms with Crippen LogP contribution < -0.4 is 5.56 Å². The highest BCUT2D eigenvalue weighted by atomic mass is 16.5. The number of hydrogen-bond donors (Lipinski definition) is 1. The first-order valence-electron chi connectivity index (χ1n) is 9.12. The number of fused-ring (bicyclic) bond motifs is 1. The van der Waals surface area contributed by atoms with Crippen LogP contribution in [0.3, 0.4) is 0 Å². The minimum absolute atomic E-state index is 0.0541. The summed E-state index contributed by atoms with van der Waals surface area (Å²) in [5.41, 5.74) is 0.712. The lowest BCUT2D eigenvalue weighted by Gasteiger charge is -2.34. The molecule has 3 rings (SSSR count). The Bertz CT molecular complexity index is 736. The molecule has 6 heteroatoms. The predicted octanol–water partition coefficient (Wildman–Crippen LogP) is 1.71. The van der Waals surface area contributed by atoms with E-state index in [1.807, 2.05) is 24.3 Å². The predicted molar refractivity (Wildman–Crippen MR) is 99.7 cm³/mol. The molecule has 1 N–H and O–H groups in total. The van der Waals surface area contributed by atoms with Crippen LogP contribution in [0.4, 0.5) is 0 Å². The summed E-state index contributed by atoms with van der Waals surface area (Å²) in [5, 5.41) is 0.650. The smallest absolute Gasteiger partial charge is 0.258 e. The topological polar surface area (TPSA) is 61.5 Å². The highest BCUT2D eigenvalue weighted by molar-refractivity contribution is 5.77. The molecular weight excluding hydrogens is 316 g/mol. The van der Waals surface area contributed by atoms with Gasteiger partial charge in [-0.15, -0.1) is 0 Å². The van der Waals surface area contributed by atoms with E-state index in [9.17, 15) is 4.79 Å². The van der Waals surface area contributed by atoms with Gasteiger partial charge in [-0.05, 0) is 18.1 Å². The molecule has 2 aromatic rings. The molecule has 6 nitrogen and oxygen atoms in total. The van der Waals surface area contributed by atoms with E-state index >= 15 is 0 Å². The van der Waals surface area contributed by atoms with Gasteiger partial charge in [-0.2, -0.15) is 0 Å². The number of hydrogen-bond acceptors (Lipinski definition) is 5. The number of nitrogens with zero attached hydrogens (tertiary/aromatic N) is 3. The first-order valence-corrected chi connectivity index (χ1v) is 9.12. The summed E-state index contributed by atoms with van der Waals surface area (Å²) in [6, 6.07) is 7.48. The number of benzene rings is 1. The molecule has 0 radical (unpaired) electrons. The molecule has 0 atom stereocenters. The van der Waals surface area contributed by atoms with Gasteiger partial charge < -0.3 is 9.72 Å². The molecule has 1 aliphatic heterocycles. The van der Waals surface area contributed by atoms with Crippen molar-refractivity contribution in [2.45, 2.75) is 20.4 Å². The van der Waals surface area contributed by atoms with Crippen LogP contribution in [0, 0.1) is 5.92 Å². The number of piperazine rings is 1. The van der Waals surface area contributed by atoms with Crippen LogP contribution in [0.5, 0.6) is 0 Å². The lowest BCUT2D eigenvalue weighted by Crippen LogP contribution is -2.47. The van der Waals surface area contributed by atoms with E-state index in [0.29, 0.717) is 17.8 Å². The summed E-state index contributed by atoms with van der Waals surface area (Å²) >= 11 is 0. The van der Waals surface area contributed by atoms with Gasteiger partial charge in [0.05, 0.1) is 24.1 Å². The average molecular weight is 344 g/mol. The molecule has 1 saturated heterocycles. The molecule has 0 aliphatic carbocycles. The molecule has 0 amide bonds. The van der Waals surface area contributed by atoms with Crippen LogP contribution in [-0.2, 0) is 11.3 Å². The maximum Gasteiger partial charge on any atom is 0.258 e. The van der Waals surface area contributed by atoms with E-state index in [1.54, 1.807) is 0 Å². The Morgan fingerprint density at radius 2 is 1.88 bits per heavy atom. The Morgan fingerprint density at radius 3 is 2.64 bits per heavy atom. The van der Waals surface area contributed by atoms with E-state index in [-0.39, 0.29) is 5.56 Å². The van der Waals surface area contributed by atoms with Gasteiger partial charge >= 0.3 is 0 Å². The van der Waals surface area contributed by atoms with E-state index in [0.717, 1.165) is 57.3 Å². The average Bonchev–Trinajstić information content (AvgIpc) is 2.60. The monoisotopic (exact) mass is 344 g/mol. The molecule has 1 aliphatic rings. The van der Waals surface area contributed by atoms with Crippen molar-refractivity contribution in [1.29, 1.82) is 0 Å². The Kier molecular flexibility index (Phi) is 6.18. The van der Waals surface area contributed by atoms with Crippen molar-refractivity contribution in [3.8, 4) is 0 Å². The third-order valence-electron chi connectivity index (χ3n) is 4.50. The highest BCUT2D eigenvalue weighted by Gasteiger charge is 2.17. The second kappa shape index (κ2) is 8.56. The maximum atomic E-state index is 12.2. The summed E-state index contributed by atoms with van der Waals surface area (Å²) in [6.07, 6.45) is 0. The van der Waals surface area contributed by atoms with Crippen LogP contribution in [0.1, 0.15) is 19.7 Å². The van der Waals surface area contributed by atoms with Crippen LogP contribution in [0.25, 0.3) is 10.9 Å². The molecule has 25 heavy (non-hydrogen) atoms. The van der Waals surface area contributed by atoms with Crippen LogP contribution in [-0.4, -0.2) is 65.7 Å². The molecule has 0 unspecified atom stereocenters. The normalized spacial score (nSPS) is 16.8. The first-order chi connectivity index (χ1) is 12.1. The second-order valence-corrected chi connectivity index (χ2v) is 7.12. The van der Waals surface area contributed by atoms with Crippen molar-refractivity contribution < 1.29 is 4.74 Å².